The third kappa shape index (κ3) is 4.40. The van der Waals surface area contributed by atoms with Crippen LogP contribution in [-0.4, -0.2) is 68.6 Å². The molecule has 2 unspecified atom stereocenters. The maximum absolute atomic E-state index is 12.1. The minimum Gasteiger partial charge on any atom is -0.468 e. The molecule has 0 spiro atoms. The lowest BCUT2D eigenvalue weighted by Crippen LogP contribution is -2.56. The van der Waals surface area contributed by atoms with E-state index in [9.17, 15) is 13.2 Å². The molecule has 1 aliphatic carbocycles. The van der Waals surface area contributed by atoms with Crippen LogP contribution in [0.3, 0.4) is 0 Å². The third-order valence-electron chi connectivity index (χ3n) is 4.44. The van der Waals surface area contributed by atoms with Gasteiger partial charge in [0.15, 0.2) is 9.84 Å². The van der Waals surface area contributed by atoms with Crippen molar-refractivity contribution in [3.05, 3.63) is 0 Å². The fourth-order valence-electron chi connectivity index (χ4n) is 2.99. The number of sulfone groups is 1. The van der Waals surface area contributed by atoms with Crippen molar-refractivity contribution in [1.82, 2.24) is 10.2 Å². The average Bonchev–Trinajstić information content (AvgIpc) is 3.21. The predicted molar refractivity (Wildman–Crippen MR) is 80.9 cm³/mol. The van der Waals surface area contributed by atoms with E-state index in [1.165, 1.54) is 7.11 Å². The van der Waals surface area contributed by atoms with Crippen molar-refractivity contribution in [3.63, 3.8) is 0 Å². The van der Waals surface area contributed by atoms with Crippen LogP contribution in [0.1, 0.15) is 33.1 Å². The van der Waals surface area contributed by atoms with Gasteiger partial charge in [-0.1, -0.05) is 0 Å². The SMILES string of the molecule is COC(=O)C(C)(CC(C)N1CCS(=O)(=O)CC1)NC1CC1. The number of esters is 1. The van der Waals surface area contributed by atoms with Crippen LogP contribution in [0.2, 0.25) is 0 Å². The van der Waals surface area contributed by atoms with Crippen LogP contribution < -0.4 is 5.32 Å². The van der Waals surface area contributed by atoms with E-state index in [-0.39, 0.29) is 23.5 Å². The van der Waals surface area contributed by atoms with Crippen LogP contribution in [0.4, 0.5) is 0 Å². The Morgan fingerprint density at radius 3 is 2.43 bits per heavy atom. The molecule has 1 saturated carbocycles. The monoisotopic (exact) mass is 318 g/mol. The highest BCUT2D eigenvalue weighted by molar-refractivity contribution is 7.91. The zero-order valence-corrected chi connectivity index (χ0v) is 13.9. The van der Waals surface area contributed by atoms with E-state index >= 15 is 0 Å². The summed E-state index contributed by atoms with van der Waals surface area (Å²) in [5, 5.41) is 3.38. The Labute approximate surface area is 127 Å². The molecule has 6 nitrogen and oxygen atoms in total. The molecule has 21 heavy (non-hydrogen) atoms. The Bertz CT molecular complexity index is 475. The van der Waals surface area contributed by atoms with Crippen LogP contribution in [0.15, 0.2) is 0 Å². The molecule has 2 fully saturated rings. The first-order valence-electron chi connectivity index (χ1n) is 7.56. The van der Waals surface area contributed by atoms with Crippen LogP contribution in [0.25, 0.3) is 0 Å². The lowest BCUT2D eigenvalue weighted by Gasteiger charge is -2.37. The van der Waals surface area contributed by atoms with E-state index in [0.717, 1.165) is 12.8 Å². The third-order valence-corrected chi connectivity index (χ3v) is 6.05. The van der Waals surface area contributed by atoms with Gasteiger partial charge in [0.2, 0.25) is 0 Å². The fourth-order valence-corrected chi connectivity index (χ4v) is 4.22. The van der Waals surface area contributed by atoms with Crippen molar-refractivity contribution >= 4 is 15.8 Å². The Morgan fingerprint density at radius 1 is 1.38 bits per heavy atom. The van der Waals surface area contributed by atoms with Crippen LogP contribution >= 0.6 is 0 Å². The molecule has 2 atom stereocenters. The van der Waals surface area contributed by atoms with Gasteiger partial charge in [0.25, 0.3) is 0 Å². The molecule has 0 amide bonds. The molecule has 0 aromatic carbocycles. The van der Waals surface area contributed by atoms with E-state index in [1.807, 2.05) is 13.8 Å². The van der Waals surface area contributed by atoms with Crippen molar-refractivity contribution in [2.75, 3.05) is 31.7 Å². The van der Waals surface area contributed by atoms with E-state index < -0.39 is 15.4 Å². The van der Waals surface area contributed by atoms with Crippen molar-refractivity contribution < 1.29 is 17.9 Å². The number of hydrogen-bond donors (Lipinski definition) is 1. The van der Waals surface area contributed by atoms with Gasteiger partial charge in [0, 0.05) is 25.2 Å². The topological polar surface area (TPSA) is 75.7 Å². The number of nitrogens with one attached hydrogen (secondary N) is 1. The van der Waals surface area contributed by atoms with Crippen LogP contribution in [0.5, 0.6) is 0 Å². The second-order valence-corrected chi connectivity index (χ2v) is 8.79. The first kappa shape index (κ1) is 16.7. The van der Waals surface area contributed by atoms with E-state index in [2.05, 4.69) is 10.2 Å². The fraction of sp³-hybridized carbons (Fsp3) is 0.929. The Morgan fingerprint density at radius 2 is 1.95 bits per heavy atom. The second-order valence-electron chi connectivity index (χ2n) is 6.48. The minimum absolute atomic E-state index is 0.135. The van der Waals surface area contributed by atoms with Crippen molar-refractivity contribution in [1.29, 1.82) is 0 Å². The first-order valence-corrected chi connectivity index (χ1v) is 9.38. The second kappa shape index (κ2) is 6.22. The normalized spacial score (nSPS) is 26.8. The van der Waals surface area contributed by atoms with Gasteiger partial charge in [-0.15, -0.1) is 0 Å². The summed E-state index contributed by atoms with van der Waals surface area (Å²) in [6.07, 6.45) is 2.82. The zero-order chi connectivity index (χ0) is 15.7. The van der Waals surface area contributed by atoms with Gasteiger partial charge in [0.05, 0.1) is 18.6 Å². The number of hydrogen-bond acceptors (Lipinski definition) is 6. The lowest BCUT2D eigenvalue weighted by atomic mass is 9.92. The molecular weight excluding hydrogens is 292 g/mol. The highest BCUT2D eigenvalue weighted by Gasteiger charge is 2.41. The number of methoxy groups -OCH3 is 1. The highest BCUT2D eigenvalue weighted by atomic mass is 32.2. The Hall–Kier alpha value is -0.660. The van der Waals surface area contributed by atoms with E-state index in [1.54, 1.807) is 0 Å². The first-order chi connectivity index (χ1) is 9.76. The minimum atomic E-state index is -2.87. The summed E-state index contributed by atoms with van der Waals surface area (Å²) in [5.41, 5.74) is -0.703. The number of carbonyl (C=O) groups is 1. The molecule has 0 aromatic rings. The molecule has 0 bridgehead atoms. The molecule has 0 aromatic heterocycles. The largest absolute Gasteiger partial charge is 0.468 e. The maximum atomic E-state index is 12.1. The molecule has 2 aliphatic rings. The molecule has 2 rings (SSSR count). The standard InChI is InChI=1S/C14H26N2O4S/c1-11(16-6-8-21(18,19)9-7-16)10-14(2,13(17)20-3)15-12-4-5-12/h11-12,15H,4-10H2,1-3H3. The van der Waals surface area contributed by atoms with Gasteiger partial charge in [-0.2, -0.15) is 0 Å². The zero-order valence-electron chi connectivity index (χ0n) is 13.1. The summed E-state index contributed by atoms with van der Waals surface area (Å²) in [7, 11) is -1.46. The van der Waals surface area contributed by atoms with E-state index in [0.29, 0.717) is 25.6 Å². The summed E-state index contributed by atoms with van der Waals surface area (Å²) >= 11 is 0. The molecular formula is C14H26N2O4S. The van der Waals surface area contributed by atoms with Crippen molar-refractivity contribution in [3.8, 4) is 0 Å². The number of rotatable bonds is 6. The van der Waals surface area contributed by atoms with Gasteiger partial charge in [-0.05, 0) is 33.1 Å². The van der Waals surface area contributed by atoms with Gasteiger partial charge in [0.1, 0.15) is 5.54 Å². The van der Waals surface area contributed by atoms with Gasteiger partial charge in [-0.3, -0.25) is 15.0 Å². The summed E-state index contributed by atoms with van der Waals surface area (Å²) in [4.78, 5) is 14.3. The molecule has 1 aliphatic heterocycles. The molecule has 1 heterocycles. The van der Waals surface area contributed by atoms with Gasteiger partial charge < -0.3 is 4.74 Å². The smallest absolute Gasteiger partial charge is 0.325 e. The summed E-state index contributed by atoms with van der Waals surface area (Å²) in [6, 6.07) is 0.541. The predicted octanol–water partition coefficient (Wildman–Crippen LogP) is 0.179. The molecule has 1 N–H and O–H groups in total. The lowest BCUT2D eigenvalue weighted by molar-refractivity contribution is -0.149. The van der Waals surface area contributed by atoms with Crippen LogP contribution in [-0.2, 0) is 19.4 Å². The van der Waals surface area contributed by atoms with E-state index in [4.69, 9.17) is 4.74 Å². The summed E-state index contributed by atoms with van der Waals surface area (Å²) in [5.74, 6) is 0.177. The number of carbonyl (C=O) groups excluding carboxylic acids is 1. The van der Waals surface area contributed by atoms with Crippen molar-refractivity contribution in [2.24, 2.45) is 0 Å². The number of ether oxygens (including phenoxy) is 1. The Kier molecular flexibility index (Phi) is 4.95. The summed E-state index contributed by atoms with van der Waals surface area (Å²) in [6.45, 7) is 5.02. The Balaban J connectivity index is 1.97. The number of nitrogens with zero attached hydrogens (tertiary/aromatic N) is 1. The summed E-state index contributed by atoms with van der Waals surface area (Å²) < 4.78 is 27.9. The van der Waals surface area contributed by atoms with Gasteiger partial charge in [-0.25, -0.2) is 8.42 Å². The quantitative estimate of drug-likeness (QED) is 0.704. The van der Waals surface area contributed by atoms with Crippen molar-refractivity contribution in [2.45, 2.75) is 50.7 Å². The maximum Gasteiger partial charge on any atom is 0.325 e. The average molecular weight is 318 g/mol. The van der Waals surface area contributed by atoms with Crippen LogP contribution in [0, 0.1) is 0 Å². The molecule has 122 valence electrons. The van der Waals surface area contributed by atoms with Gasteiger partial charge >= 0.3 is 5.97 Å². The molecule has 7 heteroatoms. The molecule has 1 saturated heterocycles. The molecule has 0 radical (unpaired) electrons. The highest BCUT2D eigenvalue weighted by Crippen LogP contribution is 2.27.